The van der Waals surface area contributed by atoms with E-state index in [1.807, 2.05) is 6.92 Å². The summed E-state index contributed by atoms with van der Waals surface area (Å²) in [6, 6.07) is 0. The molecular formula is C11H20KNO4. The van der Waals surface area contributed by atoms with Gasteiger partial charge in [-0.05, 0) is 6.42 Å². The zero-order valence-electron chi connectivity index (χ0n) is 10.8. The fraction of sp³-hybridized carbons (Fsp3) is 0.818. The van der Waals surface area contributed by atoms with Gasteiger partial charge in [0.05, 0.1) is 19.8 Å². The molecule has 94 valence electrons. The van der Waals surface area contributed by atoms with E-state index in [4.69, 9.17) is 9.47 Å². The van der Waals surface area contributed by atoms with Crippen LogP contribution in [-0.2, 0) is 19.1 Å². The van der Waals surface area contributed by atoms with Gasteiger partial charge in [-0.15, -0.1) is 0 Å². The second-order valence-electron chi connectivity index (χ2n) is 3.25. The number of amides is 1. The Bertz CT molecular complexity index is 190. The second kappa shape index (κ2) is 16.7. The molecule has 1 amide bonds. The number of hydrogen-bond acceptors (Lipinski definition) is 4. The molecule has 0 bridgehead atoms. The number of ether oxygens (including phenoxy) is 2. The molecule has 0 rings (SSSR count). The van der Waals surface area contributed by atoms with Crippen molar-refractivity contribution in [1.82, 2.24) is 5.32 Å². The second-order valence-corrected chi connectivity index (χ2v) is 3.25. The zero-order chi connectivity index (χ0) is 12.1. The maximum absolute atomic E-state index is 10.9. The van der Waals surface area contributed by atoms with E-state index < -0.39 is 0 Å². The smallest absolute Gasteiger partial charge is 0.528 e. The molecule has 0 fully saturated rings. The maximum atomic E-state index is 10.9. The minimum atomic E-state index is 0. The summed E-state index contributed by atoms with van der Waals surface area (Å²) in [6.45, 7) is 4.41. The van der Waals surface area contributed by atoms with Gasteiger partial charge < -0.3 is 19.6 Å². The van der Waals surface area contributed by atoms with Gasteiger partial charge in [-0.2, -0.15) is 6.41 Å². The predicted octanol–water partition coefficient (Wildman–Crippen LogP) is -2.56. The largest absolute Gasteiger partial charge is 1.00 e. The van der Waals surface area contributed by atoms with Crippen molar-refractivity contribution in [2.24, 2.45) is 0 Å². The molecule has 0 aliphatic carbocycles. The average molecular weight is 269 g/mol. The average Bonchev–Trinajstić information content (AvgIpc) is 2.31. The molecule has 0 saturated heterocycles. The van der Waals surface area contributed by atoms with Crippen molar-refractivity contribution in [2.75, 3.05) is 33.0 Å². The first-order valence-electron chi connectivity index (χ1n) is 5.58. The Hall–Kier alpha value is 0.696. The van der Waals surface area contributed by atoms with Crippen LogP contribution in [0.5, 0.6) is 0 Å². The molecule has 6 heteroatoms. The van der Waals surface area contributed by atoms with Gasteiger partial charge in [-0.1, -0.05) is 6.92 Å². The minimum Gasteiger partial charge on any atom is -0.528 e. The molecule has 17 heavy (non-hydrogen) atoms. The van der Waals surface area contributed by atoms with Crippen LogP contribution in [0.2, 0.25) is 0 Å². The van der Waals surface area contributed by atoms with E-state index >= 15 is 0 Å². The van der Waals surface area contributed by atoms with Gasteiger partial charge in [0.15, 0.2) is 0 Å². The third-order valence-electron chi connectivity index (χ3n) is 1.95. The summed E-state index contributed by atoms with van der Waals surface area (Å²) in [5.74, 6) is 0.274. The van der Waals surface area contributed by atoms with Crippen molar-refractivity contribution in [1.29, 1.82) is 0 Å². The monoisotopic (exact) mass is 269 g/mol. The fourth-order valence-corrected chi connectivity index (χ4v) is 1.04. The normalized spacial score (nSPS) is 9.47. The number of rotatable bonds is 12. The Morgan fingerprint density at radius 3 is 2.41 bits per heavy atom. The molecule has 0 aliphatic rings. The van der Waals surface area contributed by atoms with Gasteiger partial charge in [-0.3, -0.25) is 4.79 Å². The first-order chi connectivity index (χ1) is 7.81. The van der Waals surface area contributed by atoms with Crippen molar-refractivity contribution < 1.29 is 70.4 Å². The van der Waals surface area contributed by atoms with Crippen molar-refractivity contribution >= 4 is 12.2 Å². The number of hydrogen-bond donors (Lipinski definition) is 1. The minimum absolute atomic E-state index is 0. The van der Waals surface area contributed by atoms with Crippen LogP contribution in [0.15, 0.2) is 0 Å². The van der Waals surface area contributed by atoms with Crippen LogP contribution >= 0.6 is 0 Å². The molecular weight excluding hydrogens is 249 g/mol. The van der Waals surface area contributed by atoms with Gasteiger partial charge in [0.25, 0.3) is 0 Å². The Morgan fingerprint density at radius 2 is 1.82 bits per heavy atom. The van der Waals surface area contributed by atoms with E-state index in [0.717, 1.165) is 6.42 Å². The zero-order valence-corrected chi connectivity index (χ0v) is 13.9. The number of carbonyl (C=O) groups excluding carboxylic acids is 2. The summed E-state index contributed by atoms with van der Waals surface area (Å²) in [5, 5.41) is 2.37. The van der Waals surface area contributed by atoms with Gasteiger partial charge in [0, 0.05) is 26.0 Å². The van der Waals surface area contributed by atoms with Crippen molar-refractivity contribution in [3.8, 4) is 0 Å². The van der Waals surface area contributed by atoms with Crippen LogP contribution in [0.25, 0.3) is 0 Å². The molecule has 0 radical (unpaired) electrons. The molecule has 0 aromatic rings. The van der Waals surface area contributed by atoms with Crippen LogP contribution < -0.4 is 56.7 Å². The molecule has 1 N–H and O–H groups in total. The molecule has 0 aliphatic heterocycles. The van der Waals surface area contributed by atoms with E-state index in [-0.39, 0.29) is 57.2 Å². The summed E-state index contributed by atoms with van der Waals surface area (Å²) in [5.41, 5.74) is 0. The number of carbonyl (C=O) groups is 1. The van der Waals surface area contributed by atoms with Gasteiger partial charge >= 0.3 is 51.4 Å². The SMILES string of the molecule is CCC(=O)CCCOCCOCCN[C-]=O.[K+]. The van der Waals surface area contributed by atoms with Crippen molar-refractivity contribution in [2.45, 2.75) is 26.2 Å². The molecule has 0 heterocycles. The number of ketones is 1. The molecule has 0 spiro atoms. The van der Waals surface area contributed by atoms with Crippen LogP contribution in [0, 0.1) is 0 Å². The van der Waals surface area contributed by atoms with E-state index in [9.17, 15) is 9.59 Å². The quantitative estimate of drug-likeness (QED) is 0.183. The van der Waals surface area contributed by atoms with E-state index in [0.29, 0.717) is 45.8 Å². The van der Waals surface area contributed by atoms with E-state index in [2.05, 4.69) is 5.32 Å². The number of Topliss-reactive ketones (excluding diaryl/α,β-unsaturated/α-hetero) is 1. The Kier molecular flexibility index (Phi) is 19.7. The molecule has 0 unspecified atom stereocenters. The molecule has 0 atom stereocenters. The van der Waals surface area contributed by atoms with Crippen LogP contribution in [0.1, 0.15) is 26.2 Å². The Labute approximate surface area is 145 Å². The molecule has 0 aromatic heterocycles. The van der Waals surface area contributed by atoms with Crippen LogP contribution in [0.4, 0.5) is 0 Å². The fourth-order valence-electron chi connectivity index (χ4n) is 1.04. The predicted molar refractivity (Wildman–Crippen MR) is 59.9 cm³/mol. The van der Waals surface area contributed by atoms with E-state index in [1.165, 1.54) is 0 Å². The van der Waals surface area contributed by atoms with Gasteiger partial charge in [0.2, 0.25) is 0 Å². The van der Waals surface area contributed by atoms with Gasteiger partial charge in [-0.25, -0.2) is 0 Å². The third kappa shape index (κ3) is 16.7. The Morgan fingerprint density at radius 1 is 1.18 bits per heavy atom. The number of nitrogens with one attached hydrogen (secondary N) is 1. The third-order valence-corrected chi connectivity index (χ3v) is 1.95. The molecule has 5 nitrogen and oxygen atoms in total. The summed E-state index contributed by atoms with van der Waals surface area (Å²) in [6.07, 6.45) is 3.53. The Balaban J connectivity index is 0. The summed E-state index contributed by atoms with van der Waals surface area (Å²) in [7, 11) is 0. The summed E-state index contributed by atoms with van der Waals surface area (Å²) < 4.78 is 10.4. The molecule has 0 saturated carbocycles. The summed E-state index contributed by atoms with van der Waals surface area (Å²) in [4.78, 5) is 20.7. The topological polar surface area (TPSA) is 64.6 Å². The standard InChI is InChI=1S/C11H20NO4.K/c1-2-11(14)4-3-6-15-8-9-16-7-5-12-10-13;/h2-9H2,1H3,(H,12,13);/q-1;+1. The van der Waals surface area contributed by atoms with Crippen molar-refractivity contribution in [3.63, 3.8) is 0 Å². The van der Waals surface area contributed by atoms with Gasteiger partial charge in [0.1, 0.15) is 5.78 Å². The molecule has 0 aromatic carbocycles. The first-order valence-corrected chi connectivity index (χ1v) is 5.58. The summed E-state index contributed by atoms with van der Waals surface area (Å²) >= 11 is 0. The first kappa shape index (κ1) is 20.0. The van der Waals surface area contributed by atoms with Crippen LogP contribution in [-0.4, -0.2) is 45.2 Å². The van der Waals surface area contributed by atoms with Crippen molar-refractivity contribution in [3.05, 3.63) is 0 Å². The van der Waals surface area contributed by atoms with Crippen LogP contribution in [0.3, 0.4) is 0 Å². The maximum Gasteiger partial charge on any atom is 1.00 e. The van der Waals surface area contributed by atoms with E-state index in [1.54, 1.807) is 6.41 Å².